The molecule has 1 fully saturated rings. The number of rotatable bonds is 4. The fraction of sp³-hybridized carbons (Fsp3) is 0.179. The number of furan rings is 1. The van der Waals surface area contributed by atoms with E-state index < -0.39 is 28.5 Å². The van der Waals surface area contributed by atoms with Crippen LogP contribution in [0.4, 0.5) is 0 Å². The molecule has 2 heterocycles. The molecule has 33 heavy (non-hydrogen) atoms. The van der Waals surface area contributed by atoms with Crippen LogP contribution in [0.1, 0.15) is 44.9 Å². The van der Waals surface area contributed by atoms with Crippen LogP contribution < -0.4 is 4.74 Å². The highest BCUT2D eigenvalue weighted by molar-refractivity contribution is 6.25. The van der Waals surface area contributed by atoms with Crippen molar-refractivity contribution in [3.8, 4) is 5.75 Å². The molecule has 5 nitrogen and oxygen atoms in total. The van der Waals surface area contributed by atoms with E-state index in [-0.39, 0.29) is 11.5 Å². The maximum atomic E-state index is 14.0. The van der Waals surface area contributed by atoms with Crippen LogP contribution in [0, 0.1) is 17.8 Å². The van der Waals surface area contributed by atoms with Crippen molar-refractivity contribution in [1.82, 2.24) is 0 Å². The molecule has 0 bridgehead atoms. The normalized spacial score (nSPS) is 25.2. The van der Waals surface area contributed by atoms with Crippen LogP contribution in [0.5, 0.6) is 5.75 Å². The first-order valence-electron chi connectivity index (χ1n) is 10.8. The van der Waals surface area contributed by atoms with Gasteiger partial charge in [0.25, 0.3) is 0 Å². The van der Waals surface area contributed by atoms with Gasteiger partial charge in [-0.3, -0.25) is 14.4 Å². The van der Waals surface area contributed by atoms with Crippen LogP contribution in [0.3, 0.4) is 0 Å². The third-order valence-electron chi connectivity index (χ3n) is 7.38. The van der Waals surface area contributed by atoms with E-state index in [1.54, 1.807) is 31.2 Å². The summed E-state index contributed by atoms with van der Waals surface area (Å²) in [5, 5.41) is 1.81. The molecule has 3 aromatic carbocycles. The zero-order valence-corrected chi connectivity index (χ0v) is 18.1. The number of Topliss-reactive ketones (excluding diaryl/α,β-unsaturated/α-hetero) is 2. The minimum absolute atomic E-state index is 0.0427. The van der Waals surface area contributed by atoms with Gasteiger partial charge in [0.1, 0.15) is 5.75 Å². The summed E-state index contributed by atoms with van der Waals surface area (Å²) in [6.07, 6.45) is 1.39. The van der Waals surface area contributed by atoms with Crippen LogP contribution in [0.2, 0.25) is 0 Å². The Morgan fingerprint density at radius 2 is 1.64 bits per heavy atom. The Morgan fingerprint density at radius 1 is 0.879 bits per heavy atom. The largest absolute Gasteiger partial charge is 0.461 e. The number of hydrogen-bond acceptors (Lipinski definition) is 5. The minimum atomic E-state index is -1.69. The first kappa shape index (κ1) is 19.7. The van der Waals surface area contributed by atoms with Gasteiger partial charge in [-0.25, -0.2) is 0 Å². The summed E-state index contributed by atoms with van der Waals surface area (Å²) in [5.41, 5.74) is -0.820. The second-order valence-corrected chi connectivity index (χ2v) is 9.03. The number of ether oxygens (including phenoxy) is 1. The standard InChI is InChI=1S/C28H20O5/c1-16-9-11-18(12-10-16)24(29)27(2)23-22-19-7-4-3-6-17(19)13-14-20(22)33-26(31)28(23,27)25(30)21-8-5-15-32-21/h3-15,23H,1-2H3/t23-,27+,28-/m1/s1. The Bertz CT molecular complexity index is 1460. The lowest BCUT2D eigenvalue weighted by molar-refractivity contribution is -0.140. The van der Waals surface area contributed by atoms with E-state index in [4.69, 9.17) is 9.15 Å². The van der Waals surface area contributed by atoms with E-state index in [0.717, 1.165) is 21.9 Å². The van der Waals surface area contributed by atoms with Crippen molar-refractivity contribution in [2.45, 2.75) is 19.8 Å². The Hall–Kier alpha value is -3.99. The first-order chi connectivity index (χ1) is 15.9. The van der Waals surface area contributed by atoms with Crippen LogP contribution in [-0.2, 0) is 4.79 Å². The number of ketones is 2. The zero-order valence-electron chi connectivity index (χ0n) is 18.1. The molecule has 0 N–H and O–H groups in total. The van der Waals surface area contributed by atoms with Crippen LogP contribution in [0.15, 0.2) is 83.5 Å². The highest BCUT2D eigenvalue weighted by atomic mass is 16.5. The summed E-state index contributed by atoms with van der Waals surface area (Å²) in [6.45, 7) is 3.65. The van der Waals surface area contributed by atoms with E-state index >= 15 is 0 Å². The van der Waals surface area contributed by atoms with Crippen molar-refractivity contribution in [2.24, 2.45) is 10.8 Å². The SMILES string of the molecule is Cc1ccc(C(=O)[C@]2(C)[C@H]3c4c(ccc5ccccc45)OC(=O)[C@]32C(=O)c2ccco2)cc1. The number of hydrogen-bond donors (Lipinski definition) is 0. The third-order valence-corrected chi connectivity index (χ3v) is 7.38. The van der Waals surface area contributed by atoms with E-state index in [1.165, 1.54) is 12.3 Å². The average molecular weight is 436 g/mol. The van der Waals surface area contributed by atoms with E-state index in [1.807, 2.05) is 49.4 Å². The summed E-state index contributed by atoms with van der Waals surface area (Å²) in [7, 11) is 0. The van der Waals surface area contributed by atoms with Gasteiger partial charge in [0.2, 0.25) is 5.78 Å². The number of carbonyl (C=O) groups excluding carboxylic acids is 3. The molecule has 0 spiro atoms. The predicted molar refractivity (Wildman–Crippen MR) is 121 cm³/mol. The smallest absolute Gasteiger partial charge is 0.327 e. The number of esters is 1. The maximum Gasteiger partial charge on any atom is 0.327 e. The van der Waals surface area contributed by atoms with Crippen molar-refractivity contribution in [1.29, 1.82) is 0 Å². The molecule has 5 heteroatoms. The third kappa shape index (κ3) is 2.34. The minimum Gasteiger partial charge on any atom is -0.461 e. The van der Waals surface area contributed by atoms with Gasteiger partial charge in [0.05, 0.1) is 11.7 Å². The molecule has 0 amide bonds. The molecule has 4 aromatic rings. The van der Waals surface area contributed by atoms with Gasteiger partial charge in [-0.15, -0.1) is 0 Å². The highest BCUT2D eigenvalue weighted by Gasteiger charge is 2.88. The maximum absolute atomic E-state index is 14.0. The molecule has 0 unspecified atom stereocenters. The van der Waals surface area contributed by atoms with Gasteiger partial charge >= 0.3 is 5.97 Å². The summed E-state index contributed by atoms with van der Waals surface area (Å²) in [6, 6.07) is 21.7. The lowest BCUT2D eigenvalue weighted by Gasteiger charge is -2.23. The number of aryl methyl sites for hydroxylation is 1. The molecule has 2 aliphatic rings. The second-order valence-electron chi connectivity index (χ2n) is 9.03. The molecule has 6 rings (SSSR count). The number of carbonyl (C=O) groups is 3. The second kappa shape index (κ2) is 6.51. The lowest BCUT2D eigenvalue weighted by atomic mass is 9.83. The summed E-state index contributed by atoms with van der Waals surface area (Å²) < 4.78 is 11.2. The van der Waals surface area contributed by atoms with Gasteiger partial charge in [-0.05, 0) is 35.9 Å². The quantitative estimate of drug-likeness (QED) is 0.182. The Morgan fingerprint density at radius 3 is 2.36 bits per heavy atom. The fourth-order valence-corrected chi connectivity index (χ4v) is 5.67. The Kier molecular flexibility index (Phi) is 3.88. The monoisotopic (exact) mass is 436 g/mol. The van der Waals surface area contributed by atoms with Crippen LogP contribution in [0.25, 0.3) is 10.8 Å². The average Bonchev–Trinajstić information content (AvgIpc) is 3.13. The fourth-order valence-electron chi connectivity index (χ4n) is 5.67. The molecule has 3 atom stereocenters. The first-order valence-corrected chi connectivity index (χ1v) is 10.8. The molecule has 1 aromatic heterocycles. The van der Waals surface area contributed by atoms with Crippen molar-refractivity contribution in [3.63, 3.8) is 0 Å². The molecular formula is C28H20O5. The summed E-state index contributed by atoms with van der Waals surface area (Å²) in [4.78, 5) is 41.4. The van der Waals surface area contributed by atoms with Gasteiger partial charge in [0, 0.05) is 17.0 Å². The van der Waals surface area contributed by atoms with Crippen molar-refractivity contribution < 1.29 is 23.5 Å². The lowest BCUT2D eigenvalue weighted by Crippen LogP contribution is -2.39. The van der Waals surface area contributed by atoms with E-state index in [2.05, 4.69) is 0 Å². The summed E-state index contributed by atoms with van der Waals surface area (Å²) in [5.74, 6) is -1.72. The molecule has 1 aliphatic heterocycles. The van der Waals surface area contributed by atoms with Gasteiger partial charge in [0.15, 0.2) is 17.0 Å². The van der Waals surface area contributed by atoms with Gasteiger partial charge in [-0.2, -0.15) is 0 Å². The van der Waals surface area contributed by atoms with E-state index in [0.29, 0.717) is 11.3 Å². The molecule has 0 saturated heterocycles. The molecule has 1 aliphatic carbocycles. The predicted octanol–water partition coefficient (Wildman–Crippen LogP) is 5.52. The Labute approximate surface area is 190 Å². The van der Waals surface area contributed by atoms with Gasteiger partial charge in [-0.1, -0.05) is 67.1 Å². The topological polar surface area (TPSA) is 73.6 Å². The van der Waals surface area contributed by atoms with Crippen molar-refractivity contribution in [3.05, 3.63) is 102 Å². The molecule has 1 saturated carbocycles. The van der Waals surface area contributed by atoms with Crippen LogP contribution in [-0.4, -0.2) is 17.5 Å². The van der Waals surface area contributed by atoms with Crippen molar-refractivity contribution >= 4 is 28.3 Å². The Balaban J connectivity index is 1.63. The van der Waals surface area contributed by atoms with Crippen LogP contribution >= 0.6 is 0 Å². The molecule has 162 valence electrons. The van der Waals surface area contributed by atoms with E-state index in [9.17, 15) is 14.4 Å². The summed E-state index contributed by atoms with van der Waals surface area (Å²) >= 11 is 0. The zero-order chi connectivity index (χ0) is 23.0. The molecule has 0 radical (unpaired) electrons. The highest BCUT2D eigenvalue weighted by Crippen LogP contribution is 2.79. The number of benzene rings is 3. The number of fused-ring (bicyclic) bond motifs is 5. The van der Waals surface area contributed by atoms with Gasteiger partial charge < -0.3 is 9.15 Å². The van der Waals surface area contributed by atoms with Crippen molar-refractivity contribution in [2.75, 3.05) is 0 Å². The molecular weight excluding hydrogens is 416 g/mol.